The van der Waals surface area contributed by atoms with Crippen LogP contribution >= 0.6 is 0 Å². The standard InChI is InChI=1S/C15H13N3O3/c1-11-7-8-13(9-14(11)18(20)21)15(19)17-16-10-12-5-3-2-4-6-12/h2-10H,1H3,(H,17,19). The first kappa shape index (κ1) is 14.4. The van der Waals surface area contributed by atoms with Gasteiger partial charge in [0.05, 0.1) is 11.1 Å². The summed E-state index contributed by atoms with van der Waals surface area (Å²) in [6, 6.07) is 13.6. The van der Waals surface area contributed by atoms with Crippen molar-refractivity contribution in [2.75, 3.05) is 0 Å². The maximum atomic E-state index is 11.9. The first-order valence-corrected chi connectivity index (χ1v) is 6.21. The monoisotopic (exact) mass is 283 g/mol. The van der Waals surface area contributed by atoms with Gasteiger partial charge in [-0.1, -0.05) is 36.4 Å². The molecule has 2 aromatic carbocycles. The van der Waals surface area contributed by atoms with Crippen LogP contribution in [0.2, 0.25) is 0 Å². The number of nitro groups is 1. The Bertz CT molecular complexity index is 697. The van der Waals surface area contributed by atoms with Gasteiger partial charge in [-0.2, -0.15) is 5.10 Å². The Balaban J connectivity index is 2.09. The van der Waals surface area contributed by atoms with Crippen LogP contribution in [0.3, 0.4) is 0 Å². The number of benzene rings is 2. The minimum Gasteiger partial charge on any atom is -0.267 e. The lowest BCUT2D eigenvalue weighted by molar-refractivity contribution is -0.385. The van der Waals surface area contributed by atoms with Crippen LogP contribution in [0.4, 0.5) is 5.69 Å². The second-order valence-electron chi connectivity index (χ2n) is 4.37. The fourth-order valence-electron chi connectivity index (χ4n) is 1.72. The van der Waals surface area contributed by atoms with E-state index >= 15 is 0 Å². The normalized spacial score (nSPS) is 10.5. The molecule has 2 rings (SSSR count). The van der Waals surface area contributed by atoms with Crippen molar-refractivity contribution >= 4 is 17.8 Å². The minimum absolute atomic E-state index is 0.0883. The molecule has 0 aliphatic heterocycles. The number of nitro benzene ring substituents is 1. The zero-order valence-electron chi connectivity index (χ0n) is 11.3. The van der Waals surface area contributed by atoms with Gasteiger partial charge in [0.15, 0.2) is 0 Å². The molecule has 0 heterocycles. The van der Waals surface area contributed by atoms with Crippen molar-refractivity contribution in [3.05, 3.63) is 75.3 Å². The number of hydrogen-bond acceptors (Lipinski definition) is 4. The average molecular weight is 283 g/mol. The number of hydrogen-bond donors (Lipinski definition) is 1. The van der Waals surface area contributed by atoms with Crippen LogP contribution in [0.5, 0.6) is 0 Å². The topological polar surface area (TPSA) is 84.6 Å². The summed E-state index contributed by atoms with van der Waals surface area (Å²) in [6.45, 7) is 1.62. The van der Waals surface area contributed by atoms with E-state index in [4.69, 9.17) is 0 Å². The van der Waals surface area contributed by atoms with Crippen molar-refractivity contribution in [1.82, 2.24) is 5.43 Å². The molecule has 2 aromatic rings. The van der Waals surface area contributed by atoms with Gasteiger partial charge in [-0.25, -0.2) is 5.43 Å². The maximum absolute atomic E-state index is 11.9. The van der Waals surface area contributed by atoms with Crippen LogP contribution in [0.1, 0.15) is 21.5 Å². The quantitative estimate of drug-likeness (QED) is 0.532. The van der Waals surface area contributed by atoms with Gasteiger partial charge in [-0.05, 0) is 18.6 Å². The summed E-state index contributed by atoms with van der Waals surface area (Å²) >= 11 is 0. The first-order chi connectivity index (χ1) is 10.1. The molecule has 0 fully saturated rings. The molecule has 0 atom stereocenters. The molecular weight excluding hydrogens is 270 g/mol. The smallest absolute Gasteiger partial charge is 0.267 e. The number of nitrogens with zero attached hydrogens (tertiary/aromatic N) is 2. The third kappa shape index (κ3) is 3.73. The summed E-state index contributed by atoms with van der Waals surface area (Å²) in [6.07, 6.45) is 1.50. The van der Waals surface area contributed by atoms with E-state index in [9.17, 15) is 14.9 Å². The number of nitrogens with one attached hydrogen (secondary N) is 1. The van der Waals surface area contributed by atoms with Gasteiger partial charge in [-0.3, -0.25) is 14.9 Å². The summed E-state index contributed by atoms with van der Waals surface area (Å²) in [4.78, 5) is 22.2. The van der Waals surface area contributed by atoms with Crippen molar-refractivity contribution < 1.29 is 9.72 Å². The van der Waals surface area contributed by atoms with Crippen molar-refractivity contribution in [2.24, 2.45) is 5.10 Å². The fourth-order valence-corrected chi connectivity index (χ4v) is 1.72. The summed E-state index contributed by atoms with van der Waals surface area (Å²) < 4.78 is 0. The summed E-state index contributed by atoms with van der Waals surface area (Å²) in [5, 5.41) is 14.7. The minimum atomic E-state index is -0.515. The molecule has 0 saturated heterocycles. The molecule has 106 valence electrons. The largest absolute Gasteiger partial charge is 0.273 e. The molecule has 0 aliphatic carbocycles. The molecule has 0 spiro atoms. The van der Waals surface area contributed by atoms with Crippen molar-refractivity contribution in [2.45, 2.75) is 6.92 Å². The number of rotatable bonds is 4. The Morgan fingerprint density at radius 2 is 1.95 bits per heavy atom. The summed E-state index contributed by atoms with van der Waals surface area (Å²) in [7, 11) is 0. The summed E-state index contributed by atoms with van der Waals surface area (Å²) in [5.74, 6) is -0.495. The molecule has 0 aromatic heterocycles. The molecule has 21 heavy (non-hydrogen) atoms. The number of aryl methyl sites for hydroxylation is 1. The van der Waals surface area contributed by atoms with Crippen LogP contribution in [0.15, 0.2) is 53.6 Å². The third-order valence-corrected chi connectivity index (χ3v) is 2.85. The zero-order valence-corrected chi connectivity index (χ0v) is 11.3. The van der Waals surface area contributed by atoms with Gasteiger partial charge >= 0.3 is 0 Å². The van der Waals surface area contributed by atoms with E-state index in [-0.39, 0.29) is 11.3 Å². The van der Waals surface area contributed by atoms with Crippen molar-refractivity contribution in [1.29, 1.82) is 0 Å². The molecule has 1 N–H and O–H groups in total. The number of carbonyl (C=O) groups excluding carboxylic acids is 1. The SMILES string of the molecule is Cc1ccc(C(=O)NN=Cc2ccccc2)cc1[N+](=O)[O-]. The van der Waals surface area contributed by atoms with Crippen molar-refractivity contribution in [3.8, 4) is 0 Å². The molecule has 0 saturated carbocycles. The van der Waals surface area contributed by atoms with Gasteiger partial charge < -0.3 is 0 Å². The lowest BCUT2D eigenvalue weighted by Crippen LogP contribution is -2.17. The Kier molecular flexibility index (Phi) is 4.40. The van der Waals surface area contributed by atoms with E-state index < -0.39 is 10.8 Å². The number of amides is 1. The Morgan fingerprint density at radius 3 is 2.62 bits per heavy atom. The fraction of sp³-hybridized carbons (Fsp3) is 0.0667. The lowest BCUT2D eigenvalue weighted by atomic mass is 10.1. The molecule has 0 unspecified atom stereocenters. The van der Waals surface area contributed by atoms with E-state index in [0.29, 0.717) is 5.56 Å². The molecule has 6 heteroatoms. The van der Waals surface area contributed by atoms with Gasteiger partial charge in [0.2, 0.25) is 0 Å². The highest BCUT2D eigenvalue weighted by Crippen LogP contribution is 2.19. The van der Waals surface area contributed by atoms with Crippen LogP contribution in [-0.2, 0) is 0 Å². The third-order valence-electron chi connectivity index (χ3n) is 2.85. The highest BCUT2D eigenvalue weighted by atomic mass is 16.6. The van der Waals surface area contributed by atoms with E-state index in [2.05, 4.69) is 10.5 Å². The van der Waals surface area contributed by atoms with E-state index in [1.54, 1.807) is 6.92 Å². The van der Waals surface area contributed by atoms with Crippen LogP contribution in [0.25, 0.3) is 0 Å². The highest BCUT2D eigenvalue weighted by molar-refractivity contribution is 5.95. The molecule has 0 bridgehead atoms. The predicted octanol–water partition coefficient (Wildman–Crippen LogP) is 2.67. The molecule has 0 radical (unpaired) electrons. The Morgan fingerprint density at radius 1 is 1.24 bits per heavy atom. The molecule has 0 aliphatic rings. The van der Waals surface area contributed by atoms with E-state index in [1.807, 2.05) is 30.3 Å². The van der Waals surface area contributed by atoms with Gasteiger partial charge in [0.25, 0.3) is 11.6 Å². The molecular formula is C15H13N3O3. The Hall–Kier alpha value is -3.02. The second-order valence-corrected chi connectivity index (χ2v) is 4.37. The molecule has 1 amide bonds. The highest BCUT2D eigenvalue weighted by Gasteiger charge is 2.14. The zero-order chi connectivity index (χ0) is 15.2. The predicted molar refractivity (Wildman–Crippen MR) is 79.3 cm³/mol. The molecule has 6 nitrogen and oxygen atoms in total. The Labute approximate surface area is 121 Å². The van der Waals surface area contributed by atoms with Gasteiger partial charge in [0.1, 0.15) is 0 Å². The van der Waals surface area contributed by atoms with Crippen LogP contribution < -0.4 is 5.43 Å². The lowest BCUT2D eigenvalue weighted by Gasteiger charge is -2.02. The van der Waals surface area contributed by atoms with Crippen LogP contribution in [-0.4, -0.2) is 17.0 Å². The van der Waals surface area contributed by atoms with Crippen molar-refractivity contribution in [3.63, 3.8) is 0 Å². The average Bonchev–Trinajstić information content (AvgIpc) is 2.48. The van der Waals surface area contributed by atoms with Gasteiger partial charge in [0, 0.05) is 17.2 Å². The van der Waals surface area contributed by atoms with E-state index in [0.717, 1.165) is 5.56 Å². The maximum Gasteiger partial charge on any atom is 0.273 e. The summed E-state index contributed by atoms with van der Waals surface area (Å²) in [5.41, 5.74) is 3.79. The van der Waals surface area contributed by atoms with Crippen LogP contribution in [0, 0.1) is 17.0 Å². The van der Waals surface area contributed by atoms with E-state index in [1.165, 1.54) is 24.4 Å². The van der Waals surface area contributed by atoms with Gasteiger partial charge in [-0.15, -0.1) is 0 Å². The number of carbonyl (C=O) groups is 1. The first-order valence-electron chi connectivity index (χ1n) is 6.21. The number of hydrazone groups is 1. The second kappa shape index (κ2) is 6.42.